The number of rotatable bonds is 8. The molecule has 520 valence electrons. The van der Waals surface area contributed by atoms with Crippen molar-refractivity contribution in [1.29, 1.82) is 0 Å². The molecule has 19 rings (SSSR count). The van der Waals surface area contributed by atoms with Crippen molar-refractivity contribution >= 4 is 72.5 Å². The van der Waals surface area contributed by atoms with Crippen LogP contribution in [0.1, 0.15) is 61.6 Å². The second kappa shape index (κ2) is 26.2. The van der Waals surface area contributed by atoms with Crippen molar-refractivity contribution in [2.24, 2.45) is 5.41 Å². The van der Waals surface area contributed by atoms with Gasteiger partial charge in [-0.2, -0.15) is 10.2 Å². The molecule has 2 N–H and O–H groups in total. The number of likely N-dealkylation sites (N-methyl/N-ethyl adjacent to an activating group) is 2. The van der Waals surface area contributed by atoms with E-state index in [4.69, 9.17) is 20.7 Å². The summed E-state index contributed by atoms with van der Waals surface area (Å²) in [5.41, 5.74) is 21.6. The number of anilines is 4. The third kappa shape index (κ3) is 12.2. The topological polar surface area (TPSA) is 181 Å². The van der Waals surface area contributed by atoms with Gasteiger partial charge in [-0.25, -0.2) is 41.7 Å². The number of halogens is 3. The van der Waals surface area contributed by atoms with E-state index in [-0.39, 0.29) is 17.5 Å². The smallest absolute Gasteiger partial charge is 0.165 e. The van der Waals surface area contributed by atoms with Crippen LogP contribution in [0.25, 0.3) is 83.0 Å². The van der Waals surface area contributed by atoms with E-state index in [9.17, 15) is 13.2 Å². The van der Waals surface area contributed by atoms with E-state index in [0.717, 1.165) is 155 Å². The lowest BCUT2D eigenvalue weighted by atomic mass is 9.72. The molecule has 101 heavy (non-hydrogen) atoms. The van der Waals surface area contributed by atoms with Crippen molar-refractivity contribution in [2.75, 3.05) is 133 Å². The van der Waals surface area contributed by atoms with E-state index in [1.165, 1.54) is 89.6 Å². The molecule has 7 aliphatic heterocycles. The number of pyridine rings is 3. The van der Waals surface area contributed by atoms with E-state index in [1.807, 2.05) is 82.6 Å². The number of benzene rings is 3. The van der Waals surface area contributed by atoms with Gasteiger partial charge in [-0.1, -0.05) is 0 Å². The number of piperazine rings is 2. The molecule has 21 nitrogen and oxygen atoms in total. The Morgan fingerprint density at radius 2 is 0.901 bits per heavy atom. The minimum Gasteiger partial charge on any atom is -0.382 e. The van der Waals surface area contributed by atoms with Gasteiger partial charge >= 0.3 is 0 Å². The van der Waals surface area contributed by atoms with Crippen LogP contribution >= 0.6 is 0 Å². The Hall–Kier alpha value is -9.46. The molecular formula is C77H86F3N21. The Balaban J connectivity index is 0.000000113. The number of hydrogen-bond donors (Lipinski definition) is 1. The first-order valence-electron chi connectivity index (χ1n) is 35.8. The number of aromatic nitrogens is 12. The highest BCUT2D eigenvalue weighted by molar-refractivity contribution is 6.02. The Kier molecular flexibility index (Phi) is 16.8. The van der Waals surface area contributed by atoms with Crippen LogP contribution in [0.4, 0.5) is 36.1 Å². The van der Waals surface area contributed by atoms with E-state index in [2.05, 4.69) is 103 Å². The molecular weight excluding hydrogens is 1280 g/mol. The minimum absolute atomic E-state index is 0.238. The second-order valence-electron chi connectivity index (χ2n) is 29.7. The highest BCUT2D eigenvalue weighted by atomic mass is 19.1. The first-order chi connectivity index (χ1) is 49.0. The van der Waals surface area contributed by atoms with Gasteiger partial charge in [-0.3, -0.25) is 24.8 Å². The Labute approximate surface area is 585 Å². The maximum Gasteiger partial charge on any atom is 0.165 e. The molecule has 2 bridgehead atoms. The summed E-state index contributed by atoms with van der Waals surface area (Å²) in [6.45, 7) is 21.1. The van der Waals surface area contributed by atoms with Crippen LogP contribution in [0, 0.1) is 43.6 Å². The van der Waals surface area contributed by atoms with Crippen LogP contribution < -0.4 is 20.4 Å². The summed E-state index contributed by atoms with van der Waals surface area (Å²) in [6.07, 6.45) is 29.4. The zero-order valence-corrected chi connectivity index (χ0v) is 58.4. The van der Waals surface area contributed by atoms with Gasteiger partial charge in [-0.05, 0) is 156 Å². The van der Waals surface area contributed by atoms with Gasteiger partial charge in [0.2, 0.25) is 0 Å². The number of hydrogen-bond acceptors (Lipinski definition) is 18. The van der Waals surface area contributed by atoms with Crippen molar-refractivity contribution < 1.29 is 13.2 Å². The van der Waals surface area contributed by atoms with E-state index >= 15 is 0 Å². The van der Waals surface area contributed by atoms with Crippen LogP contribution in [-0.2, 0) is 0 Å². The van der Waals surface area contributed by atoms with Crippen molar-refractivity contribution in [1.82, 2.24) is 83.2 Å². The molecule has 7 fully saturated rings. The first kappa shape index (κ1) is 64.9. The number of nitrogens with two attached hydrogens (primary N) is 1. The monoisotopic (exact) mass is 1360 g/mol. The number of piperidine rings is 3. The molecule has 12 aromatic rings. The fraction of sp³-hybridized carbons (Fsp3) is 0.416. The third-order valence-corrected chi connectivity index (χ3v) is 23.2. The first-order valence-corrected chi connectivity index (χ1v) is 35.8. The van der Waals surface area contributed by atoms with E-state index < -0.39 is 0 Å². The maximum atomic E-state index is 14.1. The standard InChI is InChI=1S/C27H30FN7.C26H31FN8.C24H25FN6/c1-17-9-23-22(3-6-29-26(23)11-25(17)28)24-13-31-35-16-21(12-30-27(24)35)33-7-4-18(5-8-33)34-15-19-10-20(34)14-32(19)2;1-17-13-21-20(3-6-29-23(21)14-22(17)27)24-25(28)31-35-16-19(15-30-26(24)35)33-7-4-18(5-8-33)34-11-9-32(2)10-12-34;1-16-9-19-18(3-6-26-22(19)10-21(16)25)20-12-28-31-13-17(11-27-23(20)31)30-7-4-24(5-8-30)14-29(2)15-24/h3,6,9,11-13,16,18-20H,4-5,7-8,10,14-15H2,1-2H3;3,6,13-16,18H,4-5,7-12H2,1-2H3,(H2,28,31);3,6,9-13H,4-5,7-8,14-15H2,1-2H3/t19-,20-;;/m0../s1. The largest absolute Gasteiger partial charge is 0.382 e. The molecule has 24 heteroatoms. The Morgan fingerprint density at radius 3 is 1.38 bits per heavy atom. The van der Waals surface area contributed by atoms with Gasteiger partial charge in [0.1, 0.15) is 17.5 Å². The number of fused-ring (bicyclic) bond motifs is 8. The normalized spacial score (nSPS) is 20.5. The van der Waals surface area contributed by atoms with Crippen molar-refractivity contribution in [3.63, 3.8) is 0 Å². The highest BCUT2D eigenvalue weighted by Crippen LogP contribution is 2.42. The maximum absolute atomic E-state index is 14.1. The van der Waals surface area contributed by atoms with Crippen molar-refractivity contribution in [3.05, 3.63) is 157 Å². The van der Waals surface area contributed by atoms with Crippen LogP contribution in [0.2, 0.25) is 0 Å². The lowest BCUT2D eigenvalue weighted by Crippen LogP contribution is -2.58. The quantitative estimate of drug-likeness (QED) is 0.152. The summed E-state index contributed by atoms with van der Waals surface area (Å²) in [6, 6.07) is 18.7. The molecule has 7 aliphatic rings. The van der Waals surface area contributed by atoms with Crippen molar-refractivity contribution in [3.8, 4) is 33.4 Å². The molecule has 16 heterocycles. The summed E-state index contributed by atoms with van der Waals surface area (Å²) in [4.78, 5) is 47.5. The Bertz CT molecular complexity index is 5110. The number of nitrogens with zero attached hydrogens (tertiary/aromatic N) is 20. The molecule has 1 spiro atoms. The summed E-state index contributed by atoms with van der Waals surface area (Å²) in [5.74, 6) is -0.346. The van der Waals surface area contributed by atoms with Crippen LogP contribution in [0.3, 0.4) is 0 Å². The van der Waals surface area contributed by atoms with Crippen LogP contribution in [0.15, 0.2) is 123 Å². The van der Waals surface area contributed by atoms with Gasteiger partial charge in [-0.15, -0.1) is 5.10 Å². The molecule has 9 aromatic heterocycles. The molecule has 0 unspecified atom stereocenters. The second-order valence-corrected chi connectivity index (χ2v) is 29.7. The summed E-state index contributed by atoms with van der Waals surface area (Å²) < 4.78 is 47.7. The van der Waals surface area contributed by atoms with Crippen molar-refractivity contribution in [2.45, 2.75) is 89.9 Å². The zero-order chi connectivity index (χ0) is 68.9. The van der Waals surface area contributed by atoms with Gasteiger partial charge in [0.25, 0.3) is 0 Å². The molecule has 3 aromatic carbocycles. The number of aryl methyl sites for hydroxylation is 3. The average Bonchev–Trinajstić information content (AvgIpc) is 1.78. The summed E-state index contributed by atoms with van der Waals surface area (Å²) >= 11 is 0. The lowest BCUT2D eigenvalue weighted by molar-refractivity contribution is 0.00130. The fourth-order valence-corrected chi connectivity index (χ4v) is 17.4. The molecule has 2 atom stereocenters. The molecule has 0 amide bonds. The van der Waals surface area contributed by atoms with Gasteiger partial charge in [0.05, 0.1) is 88.8 Å². The molecule has 0 radical (unpaired) electrons. The molecule has 0 aliphatic carbocycles. The predicted octanol–water partition coefficient (Wildman–Crippen LogP) is 10.9. The summed E-state index contributed by atoms with van der Waals surface area (Å²) in [7, 11) is 6.68. The summed E-state index contributed by atoms with van der Waals surface area (Å²) in [5, 5.41) is 16.5. The van der Waals surface area contributed by atoms with E-state index in [0.29, 0.717) is 62.2 Å². The SMILES string of the molecule is Cc1cc2c(-c3c(N)nn4cc(N5CCC(N6CCN(C)CC6)CC5)cnc34)ccnc2cc1F.Cc1cc2c(-c3cnn4cc(N5CCC(N6C[C@@H]7C[C@H]6CN7C)CC5)cnc34)ccnc2cc1F.Cc1cc2c(-c3cnn4cc(N5CCC6(CC5)CN(C)C6)cnc34)ccnc2cc1F. The number of nitrogen functional groups attached to an aromatic ring is 1. The average molecular weight is 1360 g/mol. The fourth-order valence-electron chi connectivity index (χ4n) is 17.4. The lowest BCUT2D eigenvalue weighted by Gasteiger charge is -2.53. The van der Waals surface area contributed by atoms with E-state index in [1.54, 1.807) is 43.9 Å². The zero-order valence-electron chi connectivity index (χ0n) is 58.4. The molecule has 7 saturated heterocycles. The Morgan fingerprint density at radius 1 is 0.446 bits per heavy atom. The van der Waals surface area contributed by atoms with Gasteiger partial charge in [0, 0.05) is 185 Å². The minimum atomic E-state index is -0.269. The van der Waals surface area contributed by atoms with Gasteiger partial charge in [0.15, 0.2) is 22.8 Å². The predicted molar refractivity (Wildman–Crippen MR) is 392 cm³/mol. The highest BCUT2D eigenvalue weighted by Gasteiger charge is 2.45. The van der Waals surface area contributed by atoms with Gasteiger partial charge < -0.3 is 35.1 Å². The number of likely N-dealkylation sites (tertiary alicyclic amines) is 3. The van der Waals surface area contributed by atoms with Crippen LogP contribution in [0.5, 0.6) is 0 Å². The third-order valence-electron chi connectivity index (χ3n) is 23.2. The van der Waals surface area contributed by atoms with Crippen LogP contribution in [-0.4, -0.2) is 220 Å². The molecule has 0 saturated carbocycles.